The van der Waals surface area contributed by atoms with Crippen LogP contribution in [0.5, 0.6) is 5.88 Å². The molecule has 0 aliphatic rings. The van der Waals surface area contributed by atoms with Crippen LogP contribution in [0.3, 0.4) is 0 Å². The van der Waals surface area contributed by atoms with E-state index in [9.17, 15) is 5.11 Å². The van der Waals surface area contributed by atoms with Crippen molar-refractivity contribution < 1.29 is 5.11 Å². The summed E-state index contributed by atoms with van der Waals surface area (Å²) in [5.74, 6) is 0.293. The molecule has 1 aromatic rings. The Labute approximate surface area is 60.3 Å². The van der Waals surface area contributed by atoms with Crippen LogP contribution in [-0.2, 0) is 6.54 Å². The highest BCUT2D eigenvalue weighted by atomic mass is 16.3. The number of hydrogen-bond acceptors (Lipinski definition) is 2. The Balaban J connectivity index is 2.83. The molecule has 10 heavy (non-hydrogen) atoms. The Morgan fingerprint density at radius 2 is 2.40 bits per heavy atom. The molecule has 0 atom stereocenters. The van der Waals surface area contributed by atoms with Crippen LogP contribution >= 0.6 is 0 Å². The van der Waals surface area contributed by atoms with Gasteiger partial charge < -0.3 is 5.11 Å². The highest BCUT2D eigenvalue weighted by Crippen LogP contribution is 2.13. The summed E-state index contributed by atoms with van der Waals surface area (Å²) in [6.45, 7) is 4.69. The number of aromatic hydroxyl groups is 1. The van der Waals surface area contributed by atoms with Gasteiger partial charge in [-0.25, -0.2) is 4.68 Å². The van der Waals surface area contributed by atoms with Gasteiger partial charge in [-0.05, 0) is 13.3 Å². The maximum absolute atomic E-state index is 9.27. The average molecular weight is 140 g/mol. The van der Waals surface area contributed by atoms with E-state index < -0.39 is 0 Å². The second-order valence-electron chi connectivity index (χ2n) is 2.37. The van der Waals surface area contributed by atoms with E-state index in [0.717, 1.165) is 18.5 Å². The van der Waals surface area contributed by atoms with Crippen molar-refractivity contribution in [3.63, 3.8) is 0 Å². The zero-order chi connectivity index (χ0) is 7.56. The van der Waals surface area contributed by atoms with E-state index in [1.165, 1.54) is 0 Å². The normalized spacial score (nSPS) is 10.2. The van der Waals surface area contributed by atoms with Crippen LogP contribution in [0.1, 0.15) is 18.9 Å². The van der Waals surface area contributed by atoms with Crippen molar-refractivity contribution in [3.8, 4) is 5.88 Å². The molecule has 0 unspecified atom stereocenters. The van der Waals surface area contributed by atoms with E-state index in [0.29, 0.717) is 5.88 Å². The molecule has 0 aliphatic carbocycles. The van der Waals surface area contributed by atoms with Crippen molar-refractivity contribution in [1.29, 1.82) is 0 Å². The minimum absolute atomic E-state index is 0.293. The van der Waals surface area contributed by atoms with Gasteiger partial charge in [-0.3, -0.25) is 0 Å². The third kappa shape index (κ3) is 1.12. The van der Waals surface area contributed by atoms with Crippen LogP contribution in [0.4, 0.5) is 0 Å². The number of hydrogen-bond donors (Lipinski definition) is 1. The van der Waals surface area contributed by atoms with Crippen LogP contribution in [0.2, 0.25) is 0 Å². The summed E-state index contributed by atoms with van der Waals surface area (Å²) in [4.78, 5) is 0. The molecule has 0 saturated carbocycles. The quantitative estimate of drug-likeness (QED) is 0.672. The maximum Gasteiger partial charge on any atom is 0.212 e. The van der Waals surface area contributed by atoms with Gasteiger partial charge in [-0.1, -0.05) is 6.92 Å². The first kappa shape index (κ1) is 7.12. The first-order chi connectivity index (χ1) is 4.75. The largest absolute Gasteiger partial charge is 0.493 e. The van der Waals surface area contributed by atoms with Gasteiger partial charge in [0.25, 0.3) is 0 Å². The second kappa shape index (κ2) is 2.73. The highest BCUT2D eigenvalue weighted by molar-refractivity contribution is 5.19. The predicted molar refractivity (Wildman–Crippen MR) is 38.9 cm³/mol. The molecular weight excluding hydrogens is 128 g/mol. The molecule has 0 saturated heterocycles. The summed E-state index contributed by atoms with van der Waals surface area (Å²) in [5, 5.41) is 13.2. The van der Waals surface area contributed by atoms with Gasteiger partial charge in [-0.2, -0.15) is 5.10 Å². The molecule has 1 heterocycles. The third-order valence-corrected chi connectivity index (χ3v) is 1.42. The molecule has 1 rings (SSSR count). The molecule has 0 fully saturated rings. The molecule has 0 amide bonds. The van der Waals surface area contributed by atoms with Crippen molar-refractivity contribution in [2.45, 2.75) is 26.8 Å². The average Bonchev–Trinajstić information content (AvgIpc) is 2.20. The van der Waals surface area contributed by atoms with Gasteiger partial charge in [-0.15, -0.1) is 0 Å². The molecule has 3 nitrogen and oxygen atoms in total. The summed E-state index contributed by atoms with van der Waals surface area (Å²) in [7, 11) is 0. The third-order valence-electron chi connectivity index (χ3n) is 1.42. The lowest BCUT2D eigenvalue weighted by Gasteiger charge is -1.98. The van der Waals surface area contributed by atoms with Gasteiger partial charge in [0.15, 0.2) is 0 Å². The molecule has 0 radical (unpaired) electrons. The first-order valence-electron chi connectivity index (χ1n) is 3.47. The van der Waals surface area contributed by atoms with Crippen molar-refractivity contribution >= 4 is 0 Å². The minimum Gasteiger partial charge on any atom is -0.493 e. The van der Waals surface area contributed by atoms with Crippen LogP contribution in [0.15, 0.2) is 6.20 Å². The highest BCUT2D eigenvalue weighted by Gasteiger charge is 2.01. The Kier molecular flexibility index (Phi) is 1.94. The lowest BCUT2D eigenvalue weighted by atomic mass is 10.4. The fraction of sp³-hybridized carbons (Fsp3) is 0.571. The van der Waals surface area contributed by atoms with Gasteiger partial charge in [0.1, 0.15) is 0 Å². The molecule has 1 aromatic heterocycles. The fourth-order valence-electron chi connectivity index (χ4n) is 0.848. The summed E-state index contributed by atoms with van der Waals surface area (Å²) >= 11 is 0. The van der Waals surface area contributed by atoms with E-state index in [1.54, 1.807) is 10.9 Å². The van der Waals surface area contributed by atoms with Gasteiger partial charge in [0.05, 0.1) is 6.20 Å². The Morgan fingerprint density at radius 1 is 1.70 bits per heavy atom. The van der Waals surface area contributed by atoms with E-state index in [4.69, 9.17) is 0 Å². The molecule has 0 aliphatic heterocycles. The number of aromatic nitrogens is 2. The number of nitrogens with zero attached hydrogens (tertiary/aromatic N) is 2. The van der Waals surface area contributed by atoms with E-state index in [1.807, 2.05) is 6.92 Å². The Hall–Kier alpha value is -0.990. The van der Waals surface area contributed by atoms with Gasteiger partial charge in [0.2, 0.25) is 5.88 Å². The van der Waals surface area contributed by atoms with Crippen LogP contribution in [0, 0.1) is 6.92 Å². The minimum atomic E-state index is 0.293. The summed E-state index contributed by atoms with van der Waals surface area (Å²) in [5.41, 5.74) is 0.841. The molecule has 56 valence electrons. The summed E-state index contributed by atoms with van der Waals surface area (Å²) in [6.07, 6.45) is 2.67. The fourth-order valence-corrected chi connectivity index (χ4v) is 0.848. The Bertz CT molecular complexity index is 217. The van der Waals surface area contributed by atoms with Crippen LogP contribution in [-0.4, -0.2) is 14.9 Å². The molecule has 3 heteroatoms. The first-order valence-corrected chi connectivity index (χ1v) is 3.47. The number of aryl methyl sites for hydroxylation is 2. The summed E-state index contributed by atoms with van der Waals surface area (Å²) in [6, 6.07) is 0. The zero-order valence-corrected chi connectivity index (χ0v) is 6.33. The van der Waals surface area contributed by atoms with Crippen molar-refractivity contribution in [2.75, 3.05) is 0 Å². The van der Waals surface area contributed by atoms with Gasteiger partial charge >= 0.3 is 0 Å². The lowest BCUT2D eigenvalue weighted by Crippen LogP contribution is -1.97. The van der Waals surface area contributed by atoms with Gasteiger partial charge in [0, 0.05) is 12.1 Å². The Morgan fingerprint density at radius 3 is 2.80 bits per heavy atom. The molecule has 0 spiro atoms. The number of rotatable bonds is 2. The van der Waals surface area contributed by atoms with E-state index in [-0.39, 0.29) is 0 Å². The lowest BCUT2D eigenvalue weighted by molar-refractivity contribution is 0.394. The molecule has 0 bridgehead atoms. The van der Waals surface area contributed by atoms with Crippen molar-refractivity contribution in [1.82, 2.24) is 9.78 Å². The zero-order valence-electron chi connectivity index (χ0n) is 6.33. The summed E-state index contributed by atoms with van der Waals surface area (Å²) < 4.78 is 1.61. The van der Waals surface area contributed by atoms with E-state index >= 15 is 0 Å². The van der Waals surface area contributed by atoms with Crippen molar-refractivity contribution in [3.05, 3.63) is 11.8 Å². The van der Waals surface area contributed by atoms with Crippen LogP contribution in [0.25, 0.3) is 0 Å². The van der Waals surface area contributed by atoms with Crippen LogP contribution < -0.4 is 0 Å². The predicted octanol–water partition coefficient (Wildman–Crippen LogP) is 1.31. The maximum atomic E-state index is 9.27. The molecule has 0 aromatic carbocycles. The van der Waals surface area contributed by atoms with E-state index in [2.05, 4.69) is 12.0 Å². The molecular formula is C7H12N2O. The second-order valence-corrected chi connectivity index (χ2v) is 2.37. The standard InChI is InChI=1S/C7H12N2O/c1-3-4-9-7(10)6(2)5-8-9/h5,10H,3-4H2,1-2H3. The monoisotopic (exact) mass is 140 g/mol. The topological polar surface area (TPSA) is 38.0 Å². The SMILES string of the molecule is CCCn1ncc(C)c1O. The van der Waals surface area contributed by atoms with Crippen molar-refractivity contribution in [2.24, 2.45) is 0 Å². The smallest absolute Gasteiger partial charge is 0.212 e. The molecule has 1 N–H and O–H groups in total.